The van der Waals surface area contributed by atoms with Crippen LogP contribution in [0.4, 0.5) is 17.1 Å². The summed E-state index contributed by atoms with van der Waals surface area (Å²) >= 11 is 0. The largest absolute Gasteiger partial charge is 0.310 e. The summed E-state index contributed by atoms with van der Waals surface area (Å²) in [6, 6.07) is 82.4. The summed E-state index contributed by atoms with van der Waals surface area (Å²) in [6.45, 7) is 0. The number of para-hydroxylation sites is 3. The fourth-order valence-corrected chi connectivity index (χ4v) is 9.78. The van der Waals surface area contributed by atoms with Crippen LogP contribution in [0.15, 0.2) is 231 Å². The van der Waals surface area contributed by atoms with Crippen molar-refractivity contribution < 1.29 is 0 Å². The molecule has 4 nitrogen and oxygen atoms in total. The summed E-state index contributed by atoms with van der Waals surface area (Å²) in [5.41, 5.74) is 18.3. The van der Waals surface area contributed by atoms with Gasteiger partial charge in [-0.2, -0.15) is 0 Å². The minimum Gasteiger partial charge on any atom is -0.310 e. The van der Waals surface area contributed by atoms with Crippen molar-refractivity contribution in [2.24, 2.45) is 0 Å². The normalized spacial score (nSPS) is 12.9. The Bertz CT molecular complexity index is 3180. The van der Waals surface area contributed by atoms with E-state index in [1.165, 1.54) is 55.9 Å². The van der Waals surface area contributed by atoms with Crippen LogP contribution in [0.3, 0.4) is 0 Å². The average Bonchev–Trinajstić information content (AvgIpc) is 3.65. The van der Waals surface area contributed by atoms with E-state index in [-0.39, 0.29) is 0 Å². The van der Waals surface area contributed by atoms with Crippen molar-refractivity contribution in [3.63, 3.8) is 0 Å². The van der Waals surface area contributed by atoms with Gasteiger partial charge < -0.3 is 4.90 Å². The standard InChI is InChI=1S/C58H38N4/c1-4-17-41(18-5-1)55-59-56(42-19-6-2-7-20-42)61-57(60-55)45-22-16-21-43(37-45)39-31-33-40(34-32-39)44-35-36-50-48(38-44)47-25-10-11-26-49(47)58(50)51-27-12-14-29-53(51)62(46-23-8-3-9-24-46)54-30-15-13-28-52(54)58/h1-38H. The molecule has 0 unspecified atom stereocenters. The van der Waals surface area contributed by atoms with E-state index in [2.05, 4.69) is 175 Å². The predicted molar refractivity (Wildman–Crippen MR) is 253 cm³/mol. The summed E-state index contributed by atoms with van der Waals surface area (Å²) in [6.07, 6.45) is 0. The lowest BCUT2D eigenvalue weighted by atomic mass is 9.64. The van der Waals surface area contributed by atoms with Gasteiger partial charge >= 0.3 is 0 Å². The Morgan fingerprint density at radius 2 is 0.694 bits per heavy atom. The Balaban J connectivity index is 0.930. The molecular weight excluding hydrogens is 753 g/mol. The summed E-state index contributed by atoms with van der Waals surface area (Å²) < 4.78 is 0. The first-order chi connectivity index (χ1) is 30.7. The zero-order valence-corrected chi connectivity index (χ0v) is 33.7. The van der Waals surface area contributed by atoms with Crippen LogP contribution in [0.2, 0.25) is 0 Å². The van der Waals surface area contributed by atoms with Gasteiger partial charge in [0.25, 0.3) is 0 Å². The minimum atomic E-state index is -0.472. The van der Waals surface area contributed by atoms with Crippen molar-refractivity contribution in [1.82, 2.24) is 15.0 Å². The van der Waals surface area contributed by atoms with E-state index in [0.29, 0.717) is 17.5 Å². The molecule has 0 saturated carbocycles. The van der Waals surface area contributed by atoms with E-state index in [0.717, 1.165) is 33.5 Å². The second-order valence-electron chi connectivity index (χ2n) is 16.0. The first kappa shape index (κ1) is 35.7. The molecule has 2 heterocycles. The predicted octanol–water partition coefficient (Wildman–Crippen LogP) is 14.4. The van der Waals surface area contributed by atoms with Crippen LogP contribution in [0.1, 0.15) is 22.3 Å². The highest BCUT2D eigenvalue weighted by Gasteiger charge is 2.51. The lowest BCUT2D eigenvalue weighted by Gasteiger charge is -2.45. The van der Waals surface area contributed by atoms with Crippen LogP contribution in [0.5, 0.6) is 0 Å². The fourth-order valence-electron chi connectivity index (χ4n) is 9.78. The van der Waals surface area contributed by atoms with Crippen LogP contribution in [-0.4, -0.2) is 15.0 Å². The van der Waals surface area contributed by atoms with Crippen molar-refractivity contribution in [2.45, 2.75) is 5.41 Å². The molecule has 0 fully saturated rings. The number of fused-ring (bicyclic) bond motifs is 9. The van der Waals surface area contributed by atoms with E-state index < -0.39 is 5.41 Å². The first-order valence-electron chi connectivity index (χ1n) is 21.1. The molecule has 0 saturated heterocycles. The molecule has 1 aliphatic heterocycles. The van der Waals surface area contributed by atoms with Crippen molar-refractivity contribution in [1.29, 1.82) is 0 Å². The first-order valence-corrected chi connectivity index (χ1v) is 21.1. The third-order valence-corrected chi connectivity index (χ3v) is 12.5. The maximum absolute atomic E-state index is 4.98. The molecule has 290 valence electrons. The lowest BCUT2D eigenvalue weighted by molar-refractivity contribution is 0.753. The van der Waals surface area contributed by atoms with Gasteiger partial charge in [-0.15, -0.1) is 0 Å². The molecule has 0 N–H and O–H groups in total. The van der Waals surface area contributed by atoms with Crippen LogP contribution in [0.25, 0.3) is 67.5 Å². The van der Waals surface area contributed by atoms with Crippen LogP contribution < -0.4 is 4.90 Å². The minimum absolute atomic E-state index is 0.472. The van der Waals surface area contributed by atoms with E-state index in [4.69, 9.17) is 15.0 Å². The molecule has 4 heteroatoms. The third kappa shape index (κ3) is 5.65. The number of nitrogens with zero attached hydrogens (tertiary/aromatic N) is 4. The highest BCUT2D eigenvalue weighted by atomic mass is 15.2. The smallest absolute Gasteiger partial charge is 0.164 e. The zero-order chi connectivity index (χ0) is 41.0. The van der Waals surface area contributed by atoms with Crippen molar-refractivity contribution >= 4 is 17.1 Å². The highest BCUT2D eigenvalue weighted by molar-refractivity contribution is 5.96. The van der Waals surface area contributed by atoms with E-state index >= 15 is 0 Å². The van der Waals surface area contributed by atoms with Gasteiger partial charge in [0.15, 0.2) is 17.5 Å². The highest BCUT2D eigenvalue weighted by Crippen LogP contribution is 2.63. The summed E-state index contributed by atoms with van der Waals surface area (Å²) in [5.74, 6) is 1.94. The summed E-state index contributed by atoms with van der Waals surface area (Å²) in [4.78, 5) is 17.3. The topological polar surface area (TPSA) is 41.9 Å². The molecule has 0 amide bonds. The molecular formula is C58H38N4. The van der Waals surface area contributed by atoms with Crippen LogP contribution in [0, 0.1) is 0 Å². The van der Waals surface area contributed by atoms with E-state index in [9.17, 15) is 0 Å². The molecule has 0 radical (unpaired) electrons. The van der Waals surface area contributed by atoms with Gasteiger partial charge in [0, 0.05) is 22.4 Å². The van der Waals surface area contributed by atoms with E-state index in [1.807, 2.05) is 60.7 Å². The summed E-state index contributed by atoms with van der Waals surface area (Å²) in [5, 5.41) is 0. The monoisotopic (exact) mass is 790 g/mol. The second kappa shape index (κ2) is 14.5. The molecule has 2 aliphatic rings. The number of hydrogen-bond acceptors (Lipinski definition) is 4. The molecule has 12 rings (SSSR count). The van der Waals surface area contributed by atoms with Crippen molar-refractivity contribution in [2.75, 3.05) is 4.90 Å². The van der Waals surface area contributed by atoms with Gasteiger partial charge in [0.2, 0.25) is 0 Å². The van der Waals surface area contributed by atoms with Gasteiger partial charge in [0.05, 0.1) is 16.8 Å². The maximum Gasteiger partial charge on any atom is 0.164 e. The van der Waals surface area contributed by atoms with Gasteiger partial charge in [0.1, 0.15) is 0 Å². The Morgan fingerprint density at radius 1 is 0.274 bits per heavy atom. The third-order valence-electron chi connectivity index (χ3n) is 12.5. The Hall–Kier alpha value is -8.21. The molecule has 10 aromatic rings. The lowest BCUT2D eigenvalue weighted by Crippen LogP contribution is -2.36. The molecule has 62 heavy (non-hydrogen) atoms. The van der Waals surface area contributed by atoms with Gasteiger partial charge in [-0.25, -0.2) is 15.0 Å². The second-order valence-corrected chi connectivity index (χ2v) is 16.0. The van der Waals surface area contributed by atoms with Crippen LogP contribution in [-0.2, 0) is 5.41 Å². The number of rotatable bonds is 6. The Labute approximate surface area is 361 Å². The van der Waals surface area contributed by atoms with Crippen molar-refractivity contribution in [3.05, 3.63) is 253 Å². The summed E-state index contributed by atoms with van der Waals surface area (Å²) in [7, 11) is 0. The molecule has 0 bridgehead atoms. The molecule has 1 aromatic heterocycles. The molecule has 1 aliphatic carbocycles. The number of benzene rings is 9. The molecule has 9 aromatic carbocycles. The quantitative estimate of drug-likeness (QED) is 0.168. The average molecular weight is 791 g/mol. The van der Waals surface area contributed by atoms with Crippen LogP contribution >= 0.6 is 0 Å². The fraction of sp³-hybridized carbons (Fsp3) is 0.0172. The number of hydrogen-bond donors (Lipinski definition) is 0. The van der Waals surface area contributed by atoms with Gasteiger partial charge in [-0.1, -0.05) is 194 Å². The Morgan fingerprint density at radius 3 is 1.29 bits per heavy atom. The Kier molecular flexibility index (Phi) is 8.36. The van der Waals surface area contributed by atoms with Gasteiger partial charge in [-0.05, 0) is 92.0 Å². The maximum atomic E-state index is 4.98. The van der Waals surface area contributed by atoms with E-state index in [1.54, 1.807) is 0 Å². The number of anilines is 3. The zero-order valence-electron chi connectivity index (χ0n) is 33.7. The molecule has 1 spiro atoms. The van der Waals surface area contributed by atoms with Gasteiger partial charge in [-0.3, -0.25) is 0 Å². The SMILES string of the molecule is c1ccc(-c2nc(-c3ccccc3)nc(-c3cccc(-c4ccc(-c5ccc6c(c5)-c5ccccc5C65c6ccccc6N(c6ccccc6)c6ccccc65)cc4)c3)n2)cc1. The number of aromatic nitrogens is 3. The molecule has 0 atom stereocenters. The van der Waals surface area contributed by atoms with Crippen molar-refractivity contribution in [3.8, 4) is 67.5 Å².